The predicted molar refractivity (Wildman–Crippen MR) is 52.6 cm³/mol. The number of nitrogens with zero attached hydrogens (tertiary/aromatic N) is 1. The lowest BCUT2D eigenvalue weighted by atomic mass is 10.2. The van der Waals surface area contributed by atoms with Crippen molar-refractivity contribution in [3.63, 3.8) is 0 Å². The second kappa shape index (κ2) is 3.57. The van der Waals surface area contributed by atoms with E-state index in [9.17, 15) is 9.90 Å². The van der Waals surface area contributed by atoms with Crippen LogP contribution in [0.1, 0.15) is 10.5 Å². The van der Waals surface area contributed by atoms with Crippen molar-refractivity contribution in [2.75, 3.05) is 7.11 Å². The minimum atomic E-state index is -0.561. The SMILES string of the molecule is COC(=O)c1c(O)ccc2cccc[n+]12. The van der Waals surface area contributed by atoms with E-state index in [2.05, 4.69) is 4.74 Å². The van der Waals surface area contributed by atoms with Crippen molar-refractivity contribution in [1.82, 2.24) is 0 Å². The van der Waals surface area contributed by atoms with Crippen LogP contribution in [0.15, 0.2) is 36.5 Å². The summed E-state index contributed by atoms with van der Waals surface area (Å²) in [6.07, 6.45) is 1.70. The van der Waals surface area contributed by atoms with Crippen molar-refractivity contribution < 1.29 is 19.0 Å². The zero-order chi connectivity index (χ0) is 10.8. The van der Waals surface area contributed by atoms with Crippen LogP contribution in [0, 0.1) is 0 Å². The van der Waals surface area contributed by atoms with Gasteiger partial charge in [0.05, 0.1) is 7.11 Å². The van der Waals surface area contributed by atoms with Crippen molar-refractivity contribution in [3.05, 3.63) is 42.2 Å². The molecule has 0 fully saturated rings. The molecule has 2 aromatic heterocycles. The number of hydrogen-bond donors (Lipinski definition) is 1. The number of hydrogen-bond acceptors (Lipinski definition) is 3. The largest absolute Gasteiger partial charge is 0.502 e. The molecule has 0 radical (unpaired) electrons. The van der Waals surface area contributed by atoms with Crippen molar-refractivity contribution in [2.45, 2.75) is 0 Å². The van der Waals surface area contributed by atoms with Crippen LogP contribution in [-0.4, -0.2) is 18.2 Å². The number of methoxy groups -OCH3 is 1. The van der Waals surface area contributed by atoms with Gasteiger partial charge in [0.2, 0.25) is 5.52 Å². The first-order valence-corrected chi connectivity index (χ1v) is 4.44. The lowest BCUT2D eigenvalue weighted by molar-refractivity contribution is -0.516. The zero-order valence-electron chi connectivity index (χ0n) is 8.18. The second-order valence-corrected chi connectivity index (χ2v) is 3.05. The number of aromatic nitrogens is 1. The van der Waals surface area contributed by atoms with Crippen molar-refractivity contribution in [2.24, 2.45) is 0 Å². The molecule has 0 amide bonds. The maximum atomic E-state index is 11.4. The predicted octanol–water partition coefficient (Wildman–Crippen LogP) is 0.917. The first-order chi connectivity index (χ1) is 7.24. The van der Waals surface area contributed by atoms with Crippen LogP contribution in [0.2, 0.25) is 0 Å². The molecule has 2 heterocycles. The zero-order valence-corrected chi connectivity index (χ0v) is 8.18. The molecule has 0 saturated carbocycles. The highest BCUT2D eigenvalue weighted by Crippen LogP contribution is 2.14. The maximum Gasteiger partial charge on any atom is 0.408 e. The molecule has 15 heavy (non-hydrogen) atoms. The highest BCUT2D eigenvalue weighted by Gasteiger charge is 2.24. The third-order valence-electron chi connectivity index (χ3n) is 2.17. The molecular formula is C11H10NO3+. The Morgan fingerprint density at radius 3 is 2.87 bits per heavy atom. The molecule has 0 aromatic carbocycles. The Bertz CT molecular complexity index is 522. The van der Waals surface area contributed by atoms with Gasteiger partial charge >= 0.3 is 11.7 Å². The molecule has 76 valence electrons. The van der Waals surface area contributed by atoms with Gasteiger partial charge in [0, 0.05) is 18.2 Å². The summed E-state index contributed by atoms with van der Waals surface area (Å²) in [7, 11) is 1.28. The standard InChI is InChI=1S/C11H9NO3/c1-15-11(14)10-9(13)6-5-8-4-2-3-7-12(8)10/h2-7H,1H3/p+1. The van der Waals surface area contributed by atoms with Gasteiger partial charge in [-0.15, -0.1) is 0 Å². The summed E-state index contributed by atoms with van der Waals surface area (Å²) in [6.45, 7) is 0. The third kappa shape index (κ3) is 1.50. The van der Waals surface area contributed by atoms with Crippen molar-refractivity contribution >= 4 is 11.5 Å². The van der Waals surface area contributed by atoms with Gasteiger partial charge in [0.1, 0.15) is 0 Å². The van der Waals surface area contributed by atoms with E-state index in [1.807, 2.05) is 12.1 Å². The fourth-order valence-electron chi connectivity index (χ4n) is 1.46. The molecule has 4 heteroatoms. The molecular weight excluding hydrogens is 194 g/mol. The van der Waals surface area contributed by atoms with E-state index in [1.165, 1.54) is 13.2 Å². The number of fused-ring (bicyclic) bond motifs is 1. The topological polar surface area (TPSA) is 50.6 Å². The number of carbonyl (C=O) groups is 1. The van der Waals surface area contributed by atoms with Gasteiger partial charge in [-0.05, 0) is 12.1 Å². The van der Waals surface area contributed by atoms with E-state index in [4.69, 9.17) is 0 Å². The summed E-state index contributed by atoms with van der Waals surface area (Å²) < 4.78 is 6.19. The maximum absolute atomic E-state index is 11.4. The molecule has 4 nitrogen and oxygen atoms in total. The fraction of sp³-hybridized carbons (Fsp3) is 0.0909. The van der Waals surface area contributed by atoms with Crippen LogP contribution in [-0.2, 0) is 4.74 Å². The van der Waals surface area contributed by atoms with Crippen LogP contribution >= 0.6 is 0 Å². The quantitative estimate of drug-likeness (QED) is 0.555. The van der Waals surface area contributed by atoms with Gasteiger partial charge in [-0.25, -0.2) is 4.79 Å². The second-order valence-electron chi connectivity index (χ2n) is 3.05. The summed E-state index contributed by atoms with van der Waals surface area (Å²) in [4.78, 5) is 11.4. The Morgan fingerprint density at radius 1 is 1.33 bits per heavy atom. The number of esters is 1. The van der Waals surface area contributed by atoms with Gasteiger partial charge in [-0.2, -0.15) is 4.40 Å². The summed E-state index contributed by atoms with van der Waals surface area (Å²) in [5, 5.41) is 9.59. The Morgan fingerprint density at radius 2 is 2.13 bits per heavy atom. The summed E-state index contributed by atoms with van der Waals surface area (Å²) >= 11 is 0. The average Bonchev–Trinajstić information content (AvgIpc) is 2.28. The molecule has 0 bridgehead atoms. The molecule has 0 aliphatic heterocycles. The number of ether oxygens (including phenoxy) is 1. The first-order valence-electron chi connectivity index (χ1n) is 4.44. The van der Waals surface area contributed by atoms with Crippen LogP contribution in [0.5, 0.6) is 5.75 Å². The van der Waals surface area contributed by atoms with Gasteiger partial charge < -0.3 is 9.84 Å². The summed E-state index contributed by atoms with van der Waals surface area (Å²) in [5.41, 5.74) is 0.950. The van der Waals surface area contributed by atoms with Crippen LogP contribution < -0.4 is 4.40 Å². The molecule has 0 unspecified atom stereocenters. The van der Waals surface area contributed by atoms with E-state index >= 15 is 0 Å². The summed E-state index contributed by atoms with van der Waals surface area (Å²) in [5.74, 6) is -0.653. The lowest BCUT2D eigenvalue weighted by Gasteiger charge is -1.99. The van der Waals surface area contributed by atoms with E-state index < -0.39 is 5.97 Å². The smallest absolute Gasteiger partial charge is 0.408 e. The number of carbonyl (C=O) groups excluding carboxylic acids is 1. The molecule has 2 rings (SSSR count). The molecule has 0 aliphatic rings. The minimum Gasteiger partial charge on any atom is -0.502 e. The molecule has 0 spiro atoms. The Balaban J connectivity index is 2.79. The number of rotatable bonds is 1. The van der Waals surface area contributed by atoms with Gasteiger partial charge in [0.15, 0.2) is 11.9 Å². The molecule has 1 N–H and O–H groups in total. The Kier molecular flexibility index (Phi) is 2.25. The van der Waals surface area contributed by atoms with Crippen molar-refractivity contribution in [3.8, 4) is 5.75 Å². The van der Waals surface area contributed by atoms with E-state index in [0.29, 0.717) is 0 Å². The lowest BCUT2D eigenvalue weighted by Crippen LogP contribution is -2.30. The number of pyridine rings is 2. The fourth-order valence-corrected chi connectivity index (χ4v) is 1.46. The van der Waals surface area contributed by atoms with Crippen LogP contribution in [0.3, 0.4) is 0 Å². The highest BCUT2D eigenvalue weighted by molar-refractivity contribution is 5.88. The Hall–Kier alpha value is -2.10. The van der Waals surface area contributed by atoms with Crippen molar-refractivity contribution in [1.29, 1.82) is 0 Å². The number of aromatic hydroxyl groups is 1. The summed E-state index contributed by atoms with van der Waals surface area (Å²) in [6, 6.07) is 8.67. The molecule has 0 atom stereocenters. The molecule has 0 saturated heterocycles. The Labute approximate surface area is 86.4 Å². The van der Waals surface area contributed by atoms with Gasteiger partial charge in [0.25, 0.3) is 0 Å². The first kappa shape index (κ1) is 9.45. The van der Waals surface area contributed by atoms with Gasteiger partial charge in [-0.3, -0.25) is 0 Å². The van der Waals surface area contributed by atoms with Crippen LogP contribution in [0.25, 0.3) is 5.52 Å². The normalized spacial score (nSPS) is 10.2. The monoisotopic (exact) mass is 204 g/mol. The molecule has 2 aromatic rings. The highest BCUT2D eigenvalue weighted by atomic mass is 16.5. The van der Waals surface area contributed by atoms with Gasteiger partial charge in [-0.1, -0.05) is 0 Å². The van der Waals surface area contributed by atoms with Crippen LogP contribution in [0.4, 0.5) is 0 Å². The third-order valence-corrected chi connectivity index (χ3v) is 2.17. The van der Waals surface area contributed by atoms with E-state index in [0.717, 1.165) is 5.52 Å². The minimum absolute atomic E-state index is 0.0921. The van der Waals surface area contributed by atoms with E-state index in [1.54, 1.807) is 22.7 Å². The average molecular weight is 204 g/mol. The molecule has 0 aliphatic carbocycles. The van der Waals surface area contributed by atoms with E-state index in [-0.39, 0.29) is 11.4 Å².